The van der Waals surface area contributed by atoms with Gasteiger partial charge < -0.3 is 14.7 Å². The number of nitrogens with two attached hydrogens (primary N) is 1. The second-order valence-electron chi connectivity index (χ2n) is 3.29. The highest BCUT2D eigenvalue weighted by Crippen LogP contribution is 2.07. The number of imidazole rings is 1. The van der Waals surface area contributed by atoms with Gasteiger partial charge in [0, 0.05) is 19.2 Å². The molecule has 0 aliphatic heterocycles. The van der Waals surface area contributed by atoms with Gasteiger partial charge in [0.05, 0.1) is 18.2 Å². The molecule has 80 valence electrons. The molecule has 0 spiro atoms. The normalized spacial score (nSPS) is 10.8. The van der Waals surface area contributed by atoms with Gasteiger partial charge in [-0.2, -0.15) is 0 Å². The van der Waals surface area contributed by atoms with Crippen LogP contribution in [0.4, 0.5) is 0 Å². The monoisotopic (exact) mass is 206 g/mol. The first-order chi connectivity index (χ1) is 7.33. The van der Waals surface area contributed by atoms with E-state index >= 15 is 0 Å². The summed E-state index contributed by atoms with van der Waals surface area (Å²) in [5.74, 6) is 1.60. The molecule has 2 aromatic heterocycles. The zero-order chi connectivity index (χ0) is 10.7. The predicted octanol–water partition coefficient (Wildman–Crippen LogP) is 0.940. The summed E-state index contributed by atoms with van der Waals surface area (Å²) in [4.78, 5) is 8.21. The van der Waals surface area contributed by atoms with Crippen LogP contribution in [0, 0.1) is 0 Å². The second-order valence-corrected chi connectivity index (χ2v) is 3.29. The Morgan fingerprint density at radius 2 is 2.33 bits per heavy atom. The molecule has 0 aliphatic carbocycles. The number of aromatic nitrogens is 3. The van der Waals surface area contributed by atoms with E-state index in [1.54, 1.807) is 18.7 Å². The molecule has 0 bridgehead atoms. The molecule has 0 atom stereocenters. The maximum atomic E-state index is 5.57. The third-order valence-electron chi connectivity index (χ3n) is 2.26. The van der Waals surface area contributed by atoms with Gasteiger partial charge in [-0.3, -0.25) is 0 Å². The summed E-state index contributed by atoms with van der Waals surface area (Å²) in [5, 5.41) is 0. The number of hydrogen-bond acceptors (Lipinski definition) is 4. The molecule has 2 aromatic rings. The maximum Gasteiger partial charge on any atom is 0.214 e. The van der Waals surface area contributed by atoms with Crippen LogP contribution in [0.5, 0.6) is 0 Å². The number of rotatable bonds is 4. The first-order valence-electron chi connectivity index (χ1n) is 4.96. The fourth-order valence-corrected chi connectivity index (χ4v) is 1.39. The van der Waals surface area contributed by atoms with Crippen molar-refractivity contribution in [3.8, 4) is 0 Å². The van der Waals surface area contributed by atoms with Gasteiger partial charge in [-0.25, -0.2) is 9.97 Å². The number of aryl methyl sites for hydroxylation is 1. The minimum absolute atomic E-state index is 0.474. The summed E-state index contributed by atoms with van der Waals surface area (Å²) in [6.07, 6.45) is 6.11. The van der Waals surface area contributed by atoms with E-state index in [1.807, 2.05) is 11.5 Å². The Labute approximate surface area is 87.9 Å². The standard InChI is InChI=1S/C10H14N4O/c1-2-9-5-13-10(15-9)6-14-7-12-4-8(14)3-11/h4-5,7H,2-3,6,11H2,1H3. The van der Waals surface area contributed by atoms with E-state index in [1.165, 1.54) is 0 Å². The topological polar surface area (TPSA) is 69.9 Å². The molecule has 0 unspecified atom stereocenters. The van der Waals surface area contributed by atoms with E-state index in [2.05, 4.69) is 9.97 Å². The van der Waals surface area contributed by atoms with E-state index < -0.39 is 0 Å². The van der Waals surface area contributed by atoms with Crippen LogP contribution in [0.1, 0.15) is 24.3 Å². The largest absolute Gasteiger partial charge is 0.444 e. The quantitative estimate of drug-likeness (QED) is 0.808. The summed E-state index contributed by atoms with van der Waals surface area (Å²) >= 11 is 0. The van der Waals surface area contributed by atoms with Crippen LogP contribution >= 0.6 is 0 Å². The lowest BCUT2D eigenvalue weighted by molar-refractivity contribution is 0.443. The van der Waals surface area contributed by atoms with Gasteiger partial charge in [-0.15, -0.1) is 0 Å². The average Bonchev–Trinajstić information content (AvgIpc) is 2.87. The van der Waals surface area contributed by atoms with Crippen LogP contribution in [0.15, 0.2) is 23.1 Å². The van der Waals surface area contributed by atoms with Crippen LogP contribution in [0.2, 0.25) is 0 Å². The zero-order valence-corrected chi connectivity index (χ0v) is 8.68. The molecule has 0 amide bonds. The molecule has 5 nitrogen and oxygen atoms in total. The minimum Gasteiger partial charge on any atom is -0.444 e. The third kappa shape index (κ3) is 2.07. The second kappa shape index (κ2) is 4.27. The Balaban J connectivity index is 2.14. The highest BCUT2D eigenvalue weighted by molar-refractivity contribution is 5.01. The fourth-order valence-electron chi connectivity index (χ4n) is 1.39. The number of hydrogen-bond donors (Lipinski definition) is 1. The molecule has 2 N–H and O–H groups in total. The predicted molar refractivity (Wildman–Crippen MR) is 55.1 cm³/mol. The van der Waals surface area contributed by atoms with Gasteiger partial charge in [0.1, 0.15) is 12.3 Å². The van der Waals surface area contributed by atoms with Crippen molar-refractivity contribution in [3.63, 3.8) is 0 Å². The first kappa shape index (κ1) is 9.92. The summed E-state index contributed by atoms with van der Waals surface area (Å²) < 4.78 is 7.44. The Morgan fingerprint density at radius 3 is 3.00 bits per heavy atom. The van der Waals surface area contributed by atoms with E-state index in [0.29, 0.717) is 19.0 Å². The zero-order valence-electron chi connectivity index (χ0n) is 8.68. The molecule has 2 rings (SSSR count). The summed E-state index contributed by atoms with van der Waals surface area (Å²) in [5.41, 5.74) is 6.55. The fraction of sp³-hybridized carbons (Fsp3) is 0.400. The van der Waals surface area contributed by atoms with Gasteiger partial charge in [0.15, 0.2) is 0 Å². The SMILES string of the molecule is CCc1cnc(Cn2cncc2CN)o1. The van der Waals surface area contributed by atoms with E-state index in [0.717, 1.165) is 17.9 Å². The highest BCUT2D eigenvalue weighted by Gasteiger charge is 2.05. The van der Waals surface area contributed by atoms with Crippen molar-refractivity contribution in [2.45, 2.75) is 26.4 Å². The van der Waals surface area contributed by atoms with Crippen molar-refractivity contribution in [3.05, 3.63) is 36.1 Å². The van der Waals surface area contributed by atoms with Crippen LogP contribution in [0.25, 0.3) is 0 Å². The molecule has 0 fully saturated rings. The molecule has 2 heterocycles. The molecule has 15 heavy (non-hydrogen) atoms. The smallest absolute Gasteiger partial charge is 0.214 e. The van der Waals surface area contributed by atoms with E-state index in [4.69, 9.17) is 10.2 Å². The van der Waals surface area contributed by atoms with E-state index in [9.17, 15) is 0 Å². The van der Waals surface area contributed by atoms with Crippen molar-refractivity contribution in [1.29, 1.82) is 0 Å². The lowest BCUT2D eigenvalue weighted by Gasteiger charge is -2.02. The molecule has 0 aliphatic rings. The molecular weight excluding hydrogens is 192 g/mol. The Morgan fingerprint density at radius 1 is 1.47 bits per heavy atom. The highest BCUT2D eigenvalue weighted by atomic mass is 16.4. The molecule has 5 heteroatoms. The summed E-state index contributed by atoms with van der Waals surface area (Å²) in [7, 11) is 0. The van der Waals surface area contributed by atoms with Crippen LogP contribution < -0.4 is 5.73 Å². The van der Waals surface area contributed by atoms with Crippen molar-refractivity contribution in [1.82, 2.24) is 14.5 Å². The van der Waals surface area contributed by atoms with Crippen molar-refractivity contribution in [2.24, 2.45) is 5.73 Å². The number of nitrogens with zero attached hydrogens (tertiary/aromatic N) is 3. The molecule has 0 aromatic carbocycles. The summed E-state index contributed by atoms with van der Waals surface area (Å²) in [6.45, 7) is 3.10. The Bertz CT molecular complexity index is 432. The Hall–Kier alpha value is -1.62. The Kier molecular flexibility index (Phi) is 2.82. The van der Waals surface area contributed by atoms with Gasteiger partial charge in [0.2, 0.25) is 5.89 Å². The van der Waals surface area contributed by atoms with Gasteiger partial charge in [-0.05, 0) is 0 Å². The van der Waals surface area contributed by atoms with Crippen molar-refractivity contribution >= 4 is 0 Å². The molecule has 0 saturated carbocycles. The van der Waals surface area contributed by atoms with Gasteiger partial charge >= 0.3 is 0 Å². The van der Waals surface area contributed by atoms with Gasteiger partial charge in [-0.1, -0.05) is 6.92 Å². The van der Waals surface area contributed by atoms with Crippen LogP contribution in [0.3, 0.4) is 0 Å². The van der Waals surface area contributed by atoms with Crippen molar-refractivity contribution in [2.75, 3.05) is 0 Å². The molecular formula is C10H14N4O. The first-order valence-corrected chi connectivity index (χ1v) is 4.96. The van der Waals surface area contributed by atoms with E-state index in [-0.39, 0.29) is 0 Å². The summed E-state index contributed by atoms with van der Waals surface area (Å²) in [6, 6.07) is 0. The lowest BCUT2D eigenvalue weighted by Crippen LogP contribution is -2.07. The average molecular weight is 206 g/mol. The molecule has 0 saturated heterocycles. The van der Waals surface area contributed by atoms with Crippen LogP contribution in [-0.4, -0.2) is 14.5 Å². The maximum absolute atomic E-state index is 5.57. The molecule has 0 radical (unpaired) electrons. The minimum atomic E-state index is 0.474. The van der Waals surface area contributed by atoms with Crippen molar-refractivity contribution < 1.29 is 4.42 Å². The third-order valence-corrected chi connectivity index (χ3v) is 2.26. The van der Waals surface area contributed by atoms with Gasteiger partial charge in [0.25, 0.3) is 0 Å². The lowest BCUT2D eigenvalue weighted by atomic mass is 10.4. The van der Waals surface area contributed by atoms with Crippen LogP contribution in [-0.2, 0) is 19.5 Å². The number of oxazole rings is 1.